The van der Waals surface area contributed by atoms with E-state index in [0.29, 0.717) is 11.4 Å². The quantitative estimate of drug-likeness (QED) is 0.879. The van der Waals surface area contributed by atoms with Crippen LogP contribution in [0.5, 0.6) is 0 Å². The van der Waals surface area contributed by atoms with Gasteiger partial charge in [0, 0.05) is 35.6 Å². The van der Waals surface area contributed by atoms with E-state index in [1.807, 2.05) is 18.4 Å². The Morgan fingerprint density at radius 1 is 1.48 bits per heavy atom. The Labute approximate surface area is 138 Å². The standard InChI is InChI=1S/C16H19N3O3S/c1-10(15(20)21)8-19(3)16(22)18-13-5-4-6-17-14(13)12-7-11(2)23-9-12/h4-7,9-10H,8H2,1-3H3,(H,18,22)(H,20,21). The number of carbonyl (C=O) groups excluding carboxylic acids is 1. The van der Waals surface area contributed by atoms with Crippen molar-refractivity contribution in [2.45, 2.75) is 13.8 Å². The van der Waals surface area contributed by atoms with E-state index in [1.165, 1.54) is 4.90 Å². The highest BCUT2D eigenvalue weighted by atomic mass is 32.1. The number of aliphatic carboxylic acids is 1. The highest BCUT2D eigenvalue weighted by molar-refractivity contribution is 7.10. The molecule has 0 saturated heterocycles. The molecule has 122 valence electrons. The Kier molecular flexibility index (Phi) is 5.33. The molecular weight excluding hydrogens is 314 g/mol. The molecule has 2 heterocycles. The number of aromatic nitrogens is 1. The first-order valence-corrected chi connectivity index (χ1v) is 8.02. The van der Waals surface area contributed by atoms with Crippen LogP contribution in [-0.2, 0) is 4.79 Å². The molecule has 1 unspecified atom stereocenters. The van der Waals surface area contributed by atoms with Crippen LogP contribution in [0, 0.1) is 12.8 Å². The van der Waals surface area contributed by atoms with Gasteiger partial charge in [0.25, 0.3) is 0 Å². The van der Waals surface area contributed by atoms with E-state index in [9.17, 15) is 9.59 Å². The molecule has 2 aromatic rings. The van der Waals surface area contributed by atoms with Gasteiger partial charge in [-0.3, -0.25) is 9.78 Å². The molecule has 7 heteroatoms. The normalized spacial score (nSPS) is 11.8. The summed E-state index contributed by atoms with van der Waals surface area (Å²) >= 11 is 1.62. The Morgan fingerprint density at radius 2 is 2.22 bits per heavy atom. The van der Waals surface area contributed by atoms with Gasteiger partial charge in [-0.15, -0.1) is 11.3 Å². The first kappa shape index (κ1) is 17.0. The number of carbonyl (C=O) groups is 2. The number of aryl methyl sites for hydroxylation is 1. The van der Waals surface area contributed by atoms with E-state index < -0.39 is 11.9 Å². The molecule has 0 aliphatic heterocycles. The van der Waals surface area contributed by atoms with Crippen LogP contribution in [0.1, 0.15) is 11.8 Å². The second-order valence-electron chi connectivity index (χ2n) is 5.40. The number of pyridine rings is 1. The van der Waals surface area contributed by atoms with Crippen LogP contribution in [0.3, 0.4) is 0 Å². The molecule has 0 spiro atoms. The molecule has 23 heavy (non-hydrogen) atoms. The Morgan fingerprint density at radius 3 is 2.83 bits per heavy atom. The number of hydrogen-bond donors (Lipinski definition) is 2. The largest absolute Gasteiger partial charge is 0.481 e. The summed E-state index contributed by atoms with van der Waals surface area (Å²) in [7, 11) is 1.57. The van der Waals surface area contributed by atoms with Gasteiger partial charge in [-0.2, -0.15) is 0 Å². The topological polar surface area (TPSA) is 82.5 Å². The summed E-state index contributed by atoms with van der Waals surface area (Å²) < 4.78 is 0. The van der Waals surface area contributed by atoms with Crippen molar-refractivity contribution in [3.8, 4) is 11.3 Å². The minimum absolute atomic E-state index is 0.133. The summed E-state index contributed by atoms with van der Waals surface area (Å²) in [6, 6.07) is 5.18. The second-order valence-corrected chi connectivity index (χ2v) is 6.51. The van der Waals surface area contributed by atoms with Crippen LogP contribution in [0.15, 0.2) is 29.8 Å². The Hall–Kier alpha value is -2.41. The van der Waals surface area contributed by atoms with E-state index >= 15 is 0 Å². The van der Waals surface area contributed by atoms with Gasteiger partial charge in [-0.05, 0) is 25.1 Å². The van der Waals surface area contributed by atoms with E-state index in [4.69, 9.17) is 5.11 Å². The Bertz CT molecular complexity index is 714. The second kappa shape index (κ2) is 7.23. The number of urea groups is 1. The molecule has 0 saturated carbocycles. The Balaban J connectivity index is 2.14. The average molecular weight is 333 g/mol. The molecule has 0 bridgehead atoms. The van der Waals surface area contributed by atoms with Gasteiger partial charge in [-0.1, -0.05) is 6.92 Å². The highest BCUT2D eigenvalue weighted by Gasteiger charge is 2.18. The first-order valence-electron chi connectivity index (χ1n) is 7.14. The third-order valence-electron chi connectivity index (χ3n) is 3.37. The van der Waals surface area contributed by atoms with Crippen molar-refractivity contribution in [2.75, 3.05) is 18.9 Å². The molecule has 2 N–H and O–H groups in total. The SMILES string of the molecule is Cc1cc(-c2ncccc2NC(=O)N(C)CC(C)C(=O)O)cs1. The summed E-state index contributed by atoms with van der Waals surface area (Å²) in [5.41, 5.74) is 2.25. The highest BCUT2D eigenvalue weighted by Crippen LogP contribution is 2.29. The van der Waals surface area contributed by atoms with Crippen LogP contribution in [0.4, 0.5) is 10.5 Å². The summed E-state index contributed by atoms with van der Waals surface area (Å²) in [5, 5.41) is 13.7. The molecule has 1 atom stereocenters. The van der Waals surface area contributed by atoms with Crippen molar-refractivity contribution in [2.24, 2.45) is 5.92 Å². The molecule has 6 nitrogen and oxygen atoms in total. The van der Waals surface area contributed by atoms with Crippen molar-refractivity contribution < 1.29 is 14.7 Å². The van der Waals surface area contributed by atoms with Gasteiger partial charge in [0.15, 0.2) is 0 Å². The summed E-state index contributed by atoms with van der Waals surface area (Å²) in [4.78, 5) is 30.0. The minimum atomic E-state index is -0.930. The molecular formula is C16H19N3O3S. The van der Waals surface area contributed by atoms with Gasteiger partial charge in [0.2, 0.25) is 0 Å². The van der Waals surface area contributed by atoms with E-state index in [2.05, 4.69) is 10.3 Å². The lowest BCUT2D eigenvalue weighted by Gasteiger charge is -2.20. The zero-order valence-electron chi connectivity index (χ0n) is 13.2. The fourth-order valence-electron chi connectivity index (χ4n) is 2.09. The summed E-state index contributed by atoms with van der Waals surface area (Å²) in [6.07, 6.45) is 1.67. The third kappa shape index (κ3) is 4.29. The van der Waals surface area contributed by atoms with Crippen molar-refractivity contribution >= 4 is 29.0 Å². The maximum atomic E-state index is 12.3. The summed E-state index contributed by atoms with van der Waals surface area (Å²) in [6.45, 7) is 3.71. The predicted octanol–water partition coefficient (Wildman–Crippen LogP) is 3.30. The number of rotatable bonds is 5. The van der Waals surface area contributed by atoms with Crippen LogP contribution in [0.2, 0.25) is 0 Å². The van der Waals surface area contributed by atoms with Gasteiger partial charge in [0.05, 0.1) is 17.3 Å². The molecule has 0 fully saturated rings. The number of thiophene rings is 1. The van der Waals surface area contributed by atoms with Crippen LogP contribution < -0.4 is 5.32 Å². The minimum Gasteiger partial charge on any atom is -0.481 e. The number of carboxylic acid groups (broad SMARTS) is 1. The van der Waals surface area contributed by atoms with E-state index in [0.717, 1.165) is 10.4 Å². The van der Waals surface area contributed by atoms with Crippen molar-refractivity contribution in [3.05, 3.63) is 34.7 Å². The number of nitrogens with zero attached hydrogens (tertiary/aromatic N) is 2. The fourth-order valence-corrected chi connectivity index (χ4v) is 2.77. The zero-order chi connectivity index (χ0) is 17.0. The van der Waals surface area contributed by atoms with Gasteiger partial charge in [-0.25, -0.2) is 4.79 Å². The molecule has 0 aliphatic rings. The smallest absolute Gasteiger partial charge is 0.321 e. The maximum Gasteiger partial charge on any atom is 0.321 e. The lowest BCUT2D eigenvalue weighted by atomic mass is 10.1. The lowest BCUT2D eigenvalue weighted by molar-refractivity contribution is -0.141. The van der Waals surface area contributed by atoms with E-state index in [1.54, 1.807) is 43.6 Å². The first-order chi connectivity index (χ1) is 10.9. The number of amides is 2. The van der Waals surface area contributed by atoms with Crippen molar-refractivity contribution in [1.82, 2.24) is 9.88 Å². The average Bonchev–Trinajstić information content (AvgIpc) is 2.93. The van der Waals surface area contributed by atoms with Crippen molar-refractivity contribution in [1.29, 1.82) is 0 Å². The van der Waals surface area contributed by atoms with Crippen LogP contribution in [-0.4, -0.2) is 40.6 Å². The third-order valence-corrected chi connectivity index (χ3v) is 4.23. The summed E-state index contributed by atoms with van der Waals surface area (Å²) in [5.74, 6) is -1.56. The monoisotopic (exact) mass is 333 g/mol. The molecule has 0 aliphatic carbocycles. The predicted molar refractivity (Wildman–Crippen MR) is 90.7 cm³/mol. The molecule has 2 rings (SSSR count). The fraction of sp³-hybridized carbons (Fsp3) is 0.312. The molecule has 0 radical (unpaired) electrons. The number of carboxylic acids is 1. The van der Waals surface area contributed by atoms with Gasteiger partial charge < -0.3 is 15.3 Å². The van der Waals surface area contributed by atoms with Gasteiger partial charge in [0.1, 0.15) is 0 Å². The molecule has 0 aromatic carbocycles. The lowest BCUT2D eigenvalue weighted by Crippen LogP contribution is -2.36. The number of nitrogens with one attached hydrogen (secondary N) is 1. The van der Waals surface area contributed by atoms with Gasteiger partial charge >= 0.3 is 12.0 Å². The van der Waals surface area contributed by atoms with Crippen LogP contribution in [0.25, 0.3) is 11.3 Å². The maximum absolute atomic E-state index is 12.3. The molecule has 2 aromatic heterocycles. The zero-order valence-corrected chi connectivity index (χ0v) is 14.1. The van der Waals surface area contributed by atoms with E-state index in [-0.39, 0.29) is 12.6 Å². The van der Waals surface area contributed by atoms with Crippen molar-refractivity contribution in [3.63, 3.8) is 0 Å². The van der Waals surface area contributed by atoms with Crippen LogP contribution >= 0.6 is 11.3 Å². The molecule has 2 amide bonds. The number of hydrogen-bond acceptors (Lipinski definition) is 4. The number of anilines is 1.